The van der Waals surface area contributed by atoms with Crippen LogP contribution in [0.2, 0.25) is 0 Å². The Kier molecular flexibility index (Phi) is 6.07. The number of nitrogens with zero attached hydrogens (tertiary/aromatic N) is 3. The number of hydrogen-bond acceptors (Lipinski definition) is 5. The van der Waals surface area contributed by atoms with Crippen LogP contribution in [0.3, 0.4) is 0 Å². The van der Waals surface area contributed by atoms with Gasteiger partial charge < -0.3 is 9.30 Å². The van der Waals surface area contributed by atoms with Gasteiger partial charge in [0.25, 0.3) is 0 Å². The summed E-state index contributed by atoms with van der Waals surface area (Å²) in [5, 5.41) is 8.91. The Labute approximate surface area is 157 Å². The van der Waals surface area contributed by atoms with Gasteiger partial charge in [0, 0.05) is 12.1 Å². The molecule has 0 radical (unpaired) electrons. The van der Waals surface area contributed by atoms with Gasteiger partial charge in [-0.1, -0.05) is 72.4 Å². The third kappa shape index (κ3) is 3.96. The van der Waals surface area contributed by atoms with Crippen molar-refractivity contribution < 1.29 is 9.53 Å². The van der Waals surface area contributed by atoms with E-state index in [1.807, 2.05) is 79.1 Å². The molecule has 2 aromatic carbocycles. The predicted molar refractivity (Wildman–Crippen MR) is 103 cm³/mol. The Bertz CT molecular complexity index is 850. The van der Waals surface area contributed by atoms with Crippen LogP contribution < -0.4 is 0 Å². The van der Waals surface area contributed by atoms with Crippen molar-refractivity contribution in [3.05, 3.63) is 66.2 Å². The molecule has 26 heavy (non-hydrogen) atoms. The minimum Gasteiger partial charge on any atom is -0.465 e. The SMILES string of the molecule is CCOC(=O)[C@H](Sc1nnc(-c2ccccc2)n1CC)c1ccccc1. The van der Waals surface area contributed by atoms with Gasteiger partial charge in [-0.2, -0.15) is 0 Å². The number of ether oxygens (including phenoxy) is 1. The first-order chi connectivity index (χ1) is 12.7. The highest BCUT2D eigenvalue weighted by atomic mass is 32.2. The number of thioether (sulfide) groups is 1. The minimum absolute atomic E-state index is 0.268. The van der Waals surface area contributed by atoms with Crippen molar-refractivity contribution in [2.24, 2.45) is 0 Å². The minimum atomic E-state index is -0.478. The highest BCUT2D eigenvalue weighted by Gasteiger charge is 2.26. The molecule has 0 bridgehead atoms. The van der Waals surface area contributed by atoms with Crippen LogP contribution in [0, 0.1) is 0 Å². The Balaban J connectivity index is 1.94. The summed E-state index contributed by atoms with van der Waals surface area (Å²) >= 11 is 1.37. The first-order valence-electron chi connectivity index (χ1n) is 8.61. The molecular formula is C20H21N3O2S. The highest BCUT2D eigenvalue weighted by molar-refractivity contribution is 8.00. The quantitative estimate of drug-likeness (QED) is 0.459. The topological polar surface area (TPSA) is 57.0 Å². The van der Waals surface area contributed by atoms with Crippen LogP contribution in [-0.4, -0.2) is 27.3 Å². The third-order valence-corrected chi connectivity index (χ3v) is 5.10. The number of hydrogen-bond donors (Lipinski definition) is 0. The van der Waals surface area contributed by atoms with E-state index < -0.39 is 5.25 Å². The predicted octanol–water partition coefficient (Wildman–Crippen LogP) is 4.36. The molecule has 0 fully saturated rings. The van der Waals surface area contributed by atoms with E-state index in [0.29, 0.717) is 18.3 Å². The molecule has 0 spiro atoms. The zero-order valence-corrected chi connectivity index (χ0v) is 15.6. The monoisotopic (exact) mass is 367 g/mol. The summed E-state index contributed by atoms with van der Waals surface area (Å²) < 4.78 is 7.30. The summed E-state index contributed by atoms with van der Waals surface area (Å²) in [6.07, 6.45) is 0. The second-order valence-electron chi connectivity index (χ2n) is 5.58. The Hall–Kier alpha value is -2.60. The fraction of sp³-hybridized carbons (Fsp3) is 0.250. The van der Waals surface area contributed by atoms with Crippen LogP contribution in [0.1, 0.15) is 24.7 Å². The normalized spacial score (nSPS) is 11.9. The second-order valence-corrected chi connectivity index (χ2v) is 6.65. The molecule has 0 aliphatic rings. The van der Waals surface area contributed by atoms with Crippen LogP contribution in [0.15, 0.2) is 65.8 Å². The molecule has 1 atom stereocenters. The van der Waals surface area contributed by atoms with Crippen molar-refractivity contribution in [2.75, 3.05) is 6.61 Å². The molecule has 0 saturated carbocycles. The summed E-state index contributed by atoms with van der Waals surface area (Å²) in [5.74, 6) is 0.530. The smallest absolute Gasteiger partial charge is 0.324 e. The third-order valence-electron chi connectivity index (χ3n) is 3.89. The van der Waals surface area contributed by atoms with Crippen molar-refractivity contribution in [1.82, 2.24) is 14.8 Å². The molecule has 5 nitrogen and oxygen atoms in total. The van der Waals surface area contributed by atoms with E-state index in [-0.39, 0.29) is 5.97 Å². The second kappa shape index (κ2) is 8.67. The molecule has 0 N–H and O–H groups in total. The van der Waals surface area contributed by atoms with Gasteiger partial charge in [0.2, 0.25) is 0 Å². The Morgan fingerprint density at radius 2 is 1.69 bits per heavy atom. The van der Waals surface area contributed by atoms with Gasteiger partial charge in [-0.3, -0.25) is 4.79 Å². The first kappa shape index (κ1) is 18.2. The van der Waals surface area contributed by atoms with Crippen molar-refractivity contribution in [1.29, 1.82) is 0 Å². The van der Waals surface area contributed by atoms with Crippen LogP contribution in [0.4, 0.5) is 0 Å². The van der Waals surface area contributed by atoms with E-state index in [9.17, 15) is 4.79 Å². The van der Waals surface area contributed by atoms with Crippen molar-refractivity contribution in [3.63, 3.8) is 0 Å². The maximum Gasteiger partial charge on any atom is 0.324 e. The summed E-state index contributed by atoms with van der Waals surface area (Å²) in [7, 11) is 0. The molecule has 0 saturated heterocycles. The van der Waals surface area contributed by atoms with E-state index in [2.05, 4.69) is 10.2 Å². The molecule has 0 aliphatic heterocycles. The van der Waals surface area contributed by atoms with Gasteiger partial charge in [-0.05, 0) is 19.4 Å². The lowest BCUT2D eigenvalue weighted by Gasteiger charge is -2.16. The molecule has 6 heteroatoms. The summed E-state index contributed by atoms with van der Waals surface area (Å²) in [5.41, 5.74) is 1.89. The molecule has 0 unspecified atom stereocenters. The van der Waals surface area contributed by atoms with Crippen molar-refractivity contribution in [3.8, 4) is 11.4 Å². The number of benzene rings is 2. The van der Waals surface area contributed by atoms with E-state index in [0.717, 1.165) is 17.0 Å². The standard InChI is InChI=1S/C20H21N3O2S/c1-3-23-18(16-13-9-6-10-14-16)21-22-20(23)26-17(19(24)25-4-2)15-11-7-5-8-12-15/h5-14,17H,3-4H2,1-2H3/t17-/m1/s1. The molecule has 3 rings (SSSR count). The van der Waals surface area contributed by atoms with Crippen LogP contribution in [0.5, 0.6) is 0 Å². The maximum atomic E-state index is 12.5. The summed E-state index contributed by atoms with van der Waals surface area (Å²) in [6.45, 7) is 4.91. The lowest BCUT2D eigenvalue weighted by atomic mass is 10.1. The van der Waals surface area contributed by atoms with Gasteiger partial charge in [0.15, 0.2) is 11.0 Å². The van der Waals surface area contributed by atoms with E-state index in [4.69, 9.17) is 4.74 Å². The molecule has 134 valence electrons. The fourth-order valence-electron chi connectivity index (χ4n) is 2.67. The molecule has 3 aromatic rings. The lowest BCUT2D eigenvalue weighted by Crippen LogP contribution is -2.14. The molecule has 1 aromatic heterocycles. The zero-order chi connectivity index (χ0) is 18.4. The van der Waals surface area contributed by atoms with Crippen LogP contribution in [0.25, 0.3) is 11.4 Å². The van der Waals surface area contributed by atoms with Gasteiger partial charge in [0.1, 0.15) is 5.25 Å². The molecular weight excluding hydrogens is 346 g/mol. The largest absolute Gasteiger partial charge is 0.465 e. The van der Waals surface area contributed by atoms with E-state index >= 15 is 0 Å². The maximum absolute atomic E-state index is 12.5. The average molecular weight is 367 g/mol. The number of carbonyl (C=O) groups excluding carboxylic acids is 1. The van der Waals surface area contributed by atoms with Crippen molar-refractivity contribution in [2.45, 2.75) is 30.8 Å². The number of aromatic nitrogens is 3. The summed E-state index contributed by atoms with van der Waals surface area (Å²) in [4.78, 5) is 12.5. The number of carbonyl (C=O) groups is 1. The molecule has 0 amide bonds. The van der Waals surface area contributed by atoms with Gasteiger partial charge >= 0.3 is 5.97 Å². The van der Waals surface area contributed by atoms with E-state index in [1.54, 1.807) is 0 Å². The van der Waals surface area contributed by atoms with Gasteiger partial charge in [0.05, 0.1) is 6.61 Å². The first-order valence-corrected chi connectivity index (χ1v) is 9.49. The van der Waals surface area contributed by atoms with E-state index in [1.165, 1.54) is 11.8 Å². The average Bonchev–Trinajstić information content (AvgIpc) is 3.10. The van der Waals surface area contributed by atoms with Gasteiger partial charge in [-0.15, -0.1) is 10.2 Å². The van der Waals surface area contributed by atoms with Crippen molar-refractivity contribution >= 4 is 17.7 Å². The zero-order valence-electron chi connectivity index (χ0n) is 14.8. The molecule has 1 heterocycles. The van der Waals surface area contributed by atoms with Crippen LogP contribution in [-0.2, 0) is 16.1 Å². The van der Waals surface area contributed by atoms with Gasteiger partial charge in [-0.25, -0.2) is 0 Å². The van der Waals surface area contributed by atoms with Crippen LogP contribution >= 0.6 is 11.8 Å². The number of esters is 1. The number of rotatable bonds is 7. The lowest BCUT2D eigenvalue weighted by molar-refractivity contribution is -0.142. The highest BCUT2D eigenvalue weighted by Crippen LogP contribution is 2.36. The summed E-state index contributed by atoms with van der Waals surface area (Å²) in [6, 6.07) is 19.6. The fourth-order valence-corrected chi connectivity index (χ4v) is 3.76. The Morgan fingerprint density at radius 1 is 1.04 bits per heavy atom. The molecule has 0 aliphatic carbocycles. The Morgan fingerprint density at radius 3 is 2.31 bits per heavy atom.